The molecule has 0 aliphatic heterocycles. The van der Waals surface area contributed by atoms with Crippen LogP contribution in [0.3, 0.4) is 0 Å². The quantitative estimate of drug-likeness (QED) is 0.0395. The molecule has 37 heavy (non-hydrogen) atoms. The minimum absolute atomic E-state index is 0.0643. The molecule has 0 heterocycles. The first-order valence-electron chi connectivity index (χ1n) is 14.2. The van der Waals surface area contributed by atoms with E-state index in [0.717, 1.165) is 24.1 Å². The largest absolute Gasteiger partial charge is 0.495 e. The zero-order valence-corrected chi connectivity index (χ0v) is 25.5. The molecular formula is C25H57N2O8SSi+. The van der Waals surface area contributed by atoms with Crippen molar-refractivity contribution in [3.8, 4) is 0 Å². The molecule has 10 nitrogen and oxygen atoms in total. The van der Waals surface area contributed by atoms with Gasteiger partial charge in [0.15, 0.2) is 0 Å². The van der Waals surface area contributed by atoms with Crippen molar-refractivity contribution in [1.82, 2.24) is 5.32 Å². The van der Waals surface area contributed by atoms with Gasteiger partial charge in [0.1, 0.15) is 0 Å². The van der Waals surface area contributed by atoms with Crippen LogP contribution in [-0.2, 0) is 14.5 Å². The third-order valence-electron chi connectivity index (χ3n) is 7.07. The van der Waals surface area contributed by atoms with Crippen molar-refractivity contribution in [2.45, 2.75) is 102 Å². The van der Waals surface area contributed by atoms with Gasteiger partial charge in [-0.15, -0.1) is 0 Å². The zero-order valence-electron chi connectivity index (χ0n) is 23.7. The van der Waals surface area contributed by atoms with Gasteiger partial charge in [0.05, 0.1) is 57.8 Å². The Bertz CT molecular complexity index is 649. The number of quaternary nitrogens is 1. The number of hydrogen-bond donors (Lipinski definition) is 6. The van der Waals surface area contributed by atoms with Gasteiger partial charge in [0, 0.05) is 12.5 Å². The second kappa shape index (κ2) is 19.8. The van der Waals surface area contributed by atoms with Crippen molar-refractivity contribution in [2.24, 2.45) is 0 Å². The first-order chi connectivity index (χ1) is 17.4. The third kappa shape index (κ3) is 19.5. The molecule has 0 aliphatic rings. The lowest BCUT2D eigenvalue weighted by Crippen LogP contribution is -2.58. The first kappa shape index (κ1) is 36.8. The summed E-state index contributed by atoms with van der Waals surface area (Å²) >= 11 is 0. The molecule has 0 aromatic rings. The number of aliphatic hydroxyl groups is 2. The maximum Gasteiger partial charge on any atom is 0.495 e. The Hall–Kier alpha value is -0.153. The second-order valence-electron chi connectivity index (χ2n) is 10.9. The summed E-state index contributed by atoms with van der Waals surface area (Å²) in [5, 5.41) is 22.4. The summed E-state index contributed by atoms with van der Waals surface area (Å²) in [5.41, 5.74) is -1.34. The monoisotopic (exact) mass is 573 g/mol. The summed E-state index contributed by atoms with van der Waals surface area (Å²) in [6.45, 7) is 6.10. The van der Waals surface area contributed by atoms with Gasteiger partial charge in [-0.2, -0.15) is 8.42 Å². The third-order valence-corrected chi connectivity index (χ3v) is 9.48. The van der Waals surface area contributed by atoms with Gasteiger partial charge in [-0.05, 0) is 38.6 Å². The standard InChI is InChI=1S/C25H56N2O8SSi/c1-4-6-8-10-12-17-27(3,18-13-11-9-7-5-2)19-15-21-37(33,34)35-24-25(22-28,23-29)26-16-14-20-36(30,31)32/h26,28-29,33-34H,4-24H2,1-3H3/p+1. The molecule has 0 amide bonds. The fourth-order valence-electron chi connectivity index (χ4n) is 4.46. The lowest BCUT2D eigenvalue weighted by molar-refractivity contribution is -0.910. The topological polar surface area (TPSA) is 157 Å². The molecule has 0 saturated carbocycles. The molecule has 0 rings (SSSR count). The fourth-order valence-corrected chi connectivity index (χ4v) is 6.24. The maximum absolute atomic E-state index is 10.9. The SMILES string of the molecule is CCCCCCC[N+](C)(CCCCCCC)CCC[Si](O)(O)OCC(CO)(CO)NCCCS(=O)(=O)O. The smallest absolute Gasteiger partial charge is 0.394 e. The Morgan fingerprint density at radius 3 is 1.76 bits per heavy atom. The average molecular weight is 574 g/mol. The Morgan fingerprint density at radius 2 is 1.30 bits per heavy atom. The molecule has 0 aromatic heterocycles. The molecule has 224 valence electrons. The van der Waals surface area contributed by atoms with Gasteiger partial charge in [0.25, 0.3) is 10.1 Å². The molecule has 0 spiro atoms. The highest BCUT2D eigenvalue weighted by atomic mass is 32.2. The summed E-state index contributed by atoms with van der Waals surface area (Å²) in [6.07, 6.45) is 12.9. The number of nitrogens with one attached hydrogen (secondary N) is 1. The average Bonchev–Trinajstić information content (AvgIpc) is 2.83. The number of nitrogens with zero attached hydrogens (tertiary/aromatic N) is 1. The van der Waals surface area contributed by atoms with E-state index < -0.39 is 43.4 Å². The molecule has 0 saturated heterocycles. The summed E-state index contributed by atoms with van der Waals surface area (Å²) in [5.74, 6) is -0.458. The van der Waals surface area contributed by atoms with Gasteiger partial charge in [-0.1, -0.05) is 52.4 Å². The van der Waals surface area contributed by atoms with Gasteiger partial charge in [-0.25, -0.2) is 0 Å². The normalized spacial score (nSPS) is 13.4. The predicted octanol–water partition coefficient (Wildman–Crippen LogP) is 2.29. The van der Waals surface area contributed by atoms with E-state index in [0.29, 0.717) is 6.42 Å². The highest BCUT2D eigenvalue weighted by Crippen LogP contribution is 2.18. The van der Waals surface area contributed by atoms with Gasteiger partial charge in [0.2, 0.25) is 0 Å². The van der Waals surface area contributed by atoms with Gasteiger partial charge in [-0.3, -0.25) is 4.55 Å². The molecule has 0 bridgehead atoms. The molecule has 0 radical (unpaired) electrons. The number of rotatable bonds is 26. The summed E-state index contributed by atoms with van der Waals surface area (Å²) in [6, 6.07) is 0.127. The van der Waals surface area contributed by atoms with Crippen LogP contribution < -0.4 is 5.32 Å². The van der Waals surface area contributed by atoms with Crippen LogP contribution in [0.2, 0.25) is 6.04 Å². The number of hydrogen-bond acceptors (Lipinski definition) is 8. The van der Waals surface area contributed by atoms with E-state index in [1.165, 1.54) is 64.2 Å². The fraction of sp³-hybridized carbons (Fsp3) is 1.00. The van der Waals surface area contributed by atoms with Crippen LogP contribution in [-0.4, -0.2) is 110 Å². The van der Waals surface area contributed by atoms with E-state index in [2.05, 4.69) is 26.2 Å². The van der Waals surface area contributed by atoms with E-state index in [1.807, 2.05) is 0 Å². The van der Waals surface area contributed by atoms with Gasteiger partial charge >= 0.3 is 8.80 Å². The van der Waals surface area contributed by atoms with E-state index in [1.54, 1.807) is 0 Å². The van der Waals surface area contributed by atoms with Crippen molar-refractivity contribution >= 4 is 18.9 Å². The molecule has 0 aliphatic carbocycles. The van der Waals surface area contributed by atoms with Crippen LogP contribution in [0.15, 0.2) is 0 Å². The Morgan fingerprint density at radius 1 is 0.811 bits per heavy atom. The molecule has 0 unspecified atom stereocenters. The van der Waals surface area contributed by atoms with E-state index in [4.69, 9.17) is 8.98 Å². The summed E-state index contributed by atoms with van der Waals surface area (Å²) in [4.78, 5) is 21.1. The molecule has 0 atom stereocenters. The van der Waals surface area contributed by atoms with Gasteiger partial charge < -0.3 is 34.0 Å². The van der Waals surface area contributed by atoms with E-state index in [9.17, 15) is 28.2 Å². The highest BCUT2D eigenvalue weighted by Gasteiger charge is 2.38. The minimum Gasteiger partial charge on any atom is -0.394 e. The zero-order chi connectivity index (χ0) is 28.3. The Kier molecular flexibility index (Phi) is 19.8. The van der Waals surface area contributed by atoms with Crippen molar-refractivity contribution in [3.05, 3.63) is 0 Å². The van der Waals surface area contributed by atoms with E-state index in [-0.39, 0.29) is 25.6 Å². The Balaban J connectivity index is 4.78. The summed E-state index contributed by atoms with van der Waals surface area (Å²) < 4.78 is 36.9. The minimum atomic E-state index is -4.11. The number of aliphatic hydroxyl groups excluding tert-OH is 2. The van der Waals surface area contributed by atoms with Crippen molar-refractivity contribution < 1.29 is 41.7 Å². The molecule has 6 N–H and O–H groups in total. The molecule has 0 aromatic carbocycles. The van der Waals surface area contributed by atoms with Crippen LogP contribution in [0.4, 0.5) is 0 Å². The van der Waals surface area contributed by atoms with Crippen LogP contribution >= 0.6 is 0 Å². The maximum atomic E-state index is 10.9. The molecular weight excluding hydrogens is 516 g/mol. The lowest BCUT2D eigenvalue weighted by atomic mass is 10.0. The summed E-state index contributed by atoms with van der Waals surface area (Å²) in [7, 11) is -5.87. The van der Waals surface area contributed by atoms with Crippen molar-refractivity contribution in [1.29, 1.82) is 0 Å². The van der Waals surface area contributed by atoms with Crippen LogP contribution in [0.1, 0.15) is 90.9 Å². The molecule has 12 heteroatoms. The van der Waals surface area contributed by atoms with Crippen LogP contribution in [0, 0.1) is 0 Å². The predicted molar refractivity (Wildman–Crippen MR) is 150 cm³/mol. The second-order valence-corrected chi connectivity index (χ2v) is 14.8. The number of unbranched alkanes of at least 4 members (excludes halogenated alkanes) is 8. The highest BCUT2D eigenvalue weighted by molar-refractivity contribution is 7.85. The van der Waals surface area contributed by atoms with Crippen molar-refractivity contribution in [3.63, 3.8) is 0 Å². The van der Waals surface area contributed by atoms with Crippen molar-refractivity contribution in [2.75, 3.05) is 58.8 Å². The van der Waals surface area contributed by atoms with Crippen LogP contribution in [0.5, 0.6) is 0 Å². The first-order valence-corrected chi connectivity index (χ1v) is 17.8. The van der Waals surface area contributed by atoms with E-state index >= 15 is 0 Å². The molecule has 0 fully saturated rings. The van der Waals surface area contributed by atoms with Crippen LogP contribution in [0.25, 0.3) is 0 Å². The lowest BCUT2D eigenvalue weighted by Gasteiger charge is -2.36. The Labute approximate surface area is 227 Å².